The molecule has 0 unspecified atom stereocenters. The minimum Gasteiger partial charge on any atom is -0.370 e. The van der Waals surface area contributed by atoms with Gasteiger partial charge in [0.15, 0.2) is 0 Å². The lowest BCUT2D eigenvalue weighted by molar-refractivity contribution is -0.119. The predicted octanol–water partition coefficient (Wildman–Crippen LogP) is 3.42. The third-order valence-electron chi connectivity index (χ3n) is 2.76. The Hall–Kier alpha value is -1.53. The molecule has 114 valence electrons. The lowest BCUT2D eigenvalue weighted by Gasteiger charge is -2.25. The van der Waals surface area contributed by atoms with E-state index in [2.05, 4.69) is 15.3 Å². The Morgan fingerprint density at radius 1 is 1.30 bits per heavy atom. The van der Waals surface area contributed by atoms with Gasteiger partial charge in [0, 0.05) is 19.2 Å². The maximum absolute atomic E-state index is 12.5. The van der Waals surface area contributed by atoms with E-state index in [1.54, 1.807) is 0 Å². The van der Waals surface area contributed by atoms with Gasteiger partial charge in [-0.1, -0.05) is 20.8 Å². The van der Waals surface area contributed by atoms with E-state index in [4.69, 9.17) is 0 Å². The maximum atomic E-state index is 12.5. The van der Waals surface area contributed by atoms with E-state index in [1.165, 1.54) is 13.4 Å². The number of halogens is 3. The van der Waals surface area contributed by atoms with E-state index >= 15 is 0 Å². The molecule has 0 aliphatic rings. The highest BCUT2D eigenvalue weighted by Gasteiger charge is 2.31. The van der Waals surface area contributed by atoms with Crippen molar-refractivity contribution in [2.75, 3.05) is 30.4 Å². The summed E-state index contributed by atoms with van der Waals surface area (Å²) in [7, 11) is 1.39. The third kappa shape index (κ3) is 4.54. The molecule has 1 heterocycles. The summed E-state index contributed by atoms with van der Waals surface area (Å²) in [6, 6.07) is 0. The minimum atomic E-state index is -4.26. The summed E-state index contributed by atoms with van der Waals surface area (Å²) in [6.45, 7) is 5.54. The van der Waals surface area contributed by atoms with Gasteiger partial charge >= 0.3 is 6.18 Å². The molecule has 1 aromatic heterocycles. The van der Waals surface area contributed by atoms with Gasteiger partial charge in [0.2, 0.25) is 0 Å². The second-order valence-electron chi connectivity index (χ2n) is 5.01. The van der Waals surface area contributed by atoms with Crippen LogP contribution in [0, 0.1) is 0 Å². The van der Waals surface area contributed by atoms with Crippen LogP contribution in [0.15, 0.2) is 6.33 Å². The summed E-state index contributed by atoms with van der Waals surface area (Å²) in [5.41, 5.74) is 0.715. The fourth-order valence-electron chi connectivity index (χ4n) is 1.95. The molecule has 0 aliphatic heterocycles. The molecular formula is C13H21F3N4. The molecule has 1 N–H and O–H groups in total. The van der Waals surface area contributed by atoms with Crippen molar-refractivity contribution in [2.24, 2.45) is 0 Å². The molecule has 0 amide bonds. The largest absolute Gasteiger partial charge is 0.405 e. The molecule has 1 aromatic rings. The van der Waals surface area contributed by atoms with Gasteiger partial charge in [0.1, 0.15) is 24.5 Å². The molecule has 0 atom stereocenters. The van der Waals surface area contributed by atoms with Crippen LogP contribution in [-0.4, -0.2) is 36.3 Å². The Morgan fingerprint density at radius 2 is 1.95 bits per heavy atom. The summed E-state index contributed by atoms with van der Waals surface area (Å²) >= 11 is 0. The van der Waals surface area contributed by atoms with Crippen LogP contribution in [0.5, 0.6) is 0 Å². The van der Waals surface area contributed by atoms with Crippen LogP contribution in [0.3, 0.4) is 0 Å². The van der Waals surface area contributed by atoms with Crippen molar-refractivity contribution >= 4 is 11.6 Å². The first-order valence-corrected chi connectivity index (χ1v) is 6.63. The van der Waals surface area contributed by atoms with Crippen LogP contribution >= 0.6 is 0 Å². The lowest BCUT2D eigenvalue weighted by atomic mass is 10.0. The van der Waals surface area contributed by atoms with Crippen molar-refractivity contribution in [1.82, 2.24) is 9.97 Å². The number of aromatic nitrogens is 2. The fourth-order valence-corrected chi connectivity index (χ4v) is 1.95. The first-order chi connectivity index (χ1) is 9.26. The minimum absolute atomic E-state index is 0.0289. The smallest absolute Gasteiger partial charge is 0.370 e. The van der Waals surface area contributed by atoms with Crippen molar-refractivity contribution in [3.8, 4) is 0 Å². The summed E-state index contributed by atoms with van der Waals surface area (Å²) in [5, 5.41) is 3.14. The topological polar surface area (TPSA) is 41.1 Å². The summed E-state index contributed by atoms with van der Waals surface area (Å²) < 4.78 is 37.6. The quantitative estimate of drug-likeness (QED) is 0.871. The van der Waals surface area contributed by atoms with Crippen molar-refractivity contribution in [1.29, 1.82) is 0 Å². The lowest BCUT2D eigenvalue weighted by Crippen LogP contribution is -2.32. The van der Waals surface area contributed by atoms with Crippen LogP contribution in [0.25, 0.3) is 0 Å². The number of hydrogen-bond donors (Lipinski definition) is 1. The van der Waals surface area contributed by atoms with Crippen molar-refractivity contribution < 1.29 is 13.2 Å². The summed E-state index contributed by atoms with van der Waals surface area (Å²) in [4.78, 5) is 9.29. The standard InChI is InChI=1S/C13H21F3N4/c1-5-6-17-11-10(9(2)3)12(19-8-18-11)20(4)7-13(14,15)16/h8-9H,5-7H2,1-4H3,(H,17,18,19). The van der Waals surface area contributed by atoms with Crippen molar-refractivity contribution in [3.63, 3.8) is 0 Å². The van der Waals surface area contributed by atoms with Gasteiger partial charge in [-0.15, -0.1) is 0 Å². The highest BCUT2D eigenvalue weighted by atomic mass is 19.4. The van der Waals surface area contributed by atoms with Crippen LogP contribution in [-0.2, 0) is 0 Å². The van der Waals surface area contributed by atoms with E-state index in [0.717, 1.165) is 17.9 Å². The average molecular weight is 290 g/mol. The molecule has 0 aromatic carbocycles. The molecule has 7 heteroatoms. The highest BCUT2D eigenvalue weighted by molar-refractivity contribution is 5.60. The predicted molar refractivity (Wildman–Crippen MR) is 74.2 cm³/mol. The van der Waals surface area contributed by atoms with Gasteiger partial charge in [-0.05, 0) is 12.3 Å². The monoisotopic (exact) mass is 290 g/mol. The van der Waals surface area contributed by atoms with E-state index in [9.17, 15) is 13.2 Å². The molecule has 0 bridgehead atoms. The second kappa shape index (κ2) is 6.76. The van der Waals surface area contributed by atoms with Gasteiger partial charge in [-0.2, -0.15) is 13.2 Å². The number of nitrogens with zero attached hydrogens (tertiary/aromatic N) is 3. The Morgan fingerprint density at radius 3 is 2.45 bits per heavy atom. The molecule has 0 saturated heterocycles. The van der Waals surface area contributed by atoms with Gasteiger partial charge in [0.05, 0.1) is 0 Å². The van der Waals surface area contributed by atoms with Crippen molar-refractivity contribution in [2.45, 2.75) is 39.3 Å². The van der Waals surface area contributed by atoms with E-state index in [0.29, 0.717) is 17.2 Å². The summed E-state index contributed by atoms with van der Waals surface area (Å²) in [6.07, 6.45) is -2.05. The first kappa shape index (κ1) is 16.5. The molecule has 0 fully saturated rings. The van der Waals surface area contributed by atoms with E-state index < -0.39 is 12.7 Å². The van der Waals surface area contributed by atoms with Crippen LogP contribution in [0.1, 0.15) is 38.7 Å². The van der Waals surface area contributed by atoms with Gasteiger partial charge in [0.25, 0.3) is 0 Å². The van der Waals surface area contributed by atoms with Gasteiger partial charge < -0.3 is 10.2 Å². The maximum Gasteiger partial charge on any atom is 0.405 e. The Labute approximate surface area is 117 Å². The van der Waals surface area contributed by atoms with E-state index in [-0.39, 0.29) is 5.92 Å². The molecule has 20 heavy (non-hydrogen) atoms. The average Bonchev–Trinajstić information content (AvgIpc) is 2.33. The zero-order valence-electron chi connectivity index (χ0n) is 12.3. The number of nitrogens with one attached hydrogen (secondary N) is 1. The molecule has 0 aliphatic carbocycles. The molecule has 1 rings (SSSR count). The van der Waals surface area contributed by atoms with Crippen molar-refractivity contribution in [3.05, 3.63) is 11.9 Å². The zero-order chi connectivity index (χ0) is 15.3. The number of alkyl halides is 3. The SMILES string of the molecule is CCCNc1ncnc(N(C)CC(F)(F)F)c1C(C)C. The summed E-state index contributed by atoms with van der Waals surface area (Å²) in [5.74, 6) is 0.966. The molecule has 4 nitrogen and oxygen atoms in total. The molecular weight excluding hydrogens is 269 g/mol. The highest BCUT2D eigenvalue weighted by Crippen LogP contribution is 2.31. The molecule has 0 radical (unpaired) electrons. The fraction of sp³-hybridized carbons (Fsp3) is 0.692. The zero-order valence-corrected chi connectivity index (χ0v) is 12.3. The Kier molecular flexibility index (Phi) is 5.59. The van der Waals surface area contributed by atoms with Crippen LogP contribution < -0.4 is 10.2 Å². The first-order valence-electron chi connectivity index (χ1n) is 6.63. The van der Waals surface area contributed by atoms with E-state index in [1.807, 2.05) is 20.8 Å². The van der Waals surface area contributed by atoms with Crippen LogP contribution in [0.4, 0.5) is 24.8 Å². The van der Waals surface area contributed by atoms with Crippen LogP contribution in [0.2, 0.25) is 0 Å². The molecule has 0 saturated carbocycles. The number of anilines is 2. The second-order valence-corrected chi connectivity index (χ2v) is 5.01. The third-order valence-corrected chi connectivity index (χ3v) is 2.76. The molecule has 0 spiro atoms. The van der Waals surface area contributed by atoms with Gasteiger partial charge in [-0.3, -0.25) is 0 Å². The number of hydrogen-bond acceptors (Lipinski definition) is 4. The Bertz CT molecular complexity index is 432. The number of rotatable bonds is 6. The Balaban J connectivity index is 3.11. The normalized spacial score (nSPS) is 11.8. The van der Waals surface area contributed by atoms with Gasteiger partial charge in [-0.25, -0.2) is 9.97 Å².